The minimum Gasteiger partial charge on any atom is -0.355 e. The molecule has 74 valence electrons. The van der Waals surface area contributed by atoms with E-state index >= 15 is 0 Å². The minimum absolute atomic E-state index is 0.0231. The zero-order valence-electron chi connectivity index (χ0n) is 7.55. The van der Waals surface area contributed by atoms with E-state index in [0.29, 0.717) is 13.1 Å². The van der Waals surface area contributed by atoms with Crippen LogP contribution in [0.2, 0.25) is 0 Å². The number of halogens is 1. The second-order valence-electron chi connectivity index (χ2n) is 3.00. The molecule has 4 nitrogen and oxygen atoms in total. The lowest BCUT2D eigenvalue weighted by Gasteiger charge is -2.20. The van der Waals surface area contributed by atoms with Crippen LogP contribution < -0.4 is 5.32 Å². The van der Waals surface area contributed by atoms with Crippen LogP contribution in [0.15, 0.2) is 0 Å². The average Bonchev–Trinajstić information content (AvgIpc) is 2.52. The Morgan fingerprint density at radius 1 is 1.62 bits per heavy atom. The van der Waals surface area contributed by atoms with Crippen LogP contribution in [-0.2, 0) is 4.79 Å². The standard InChI is InChI=1S/C8H13IN2O2/c1-2-10-7(12)6-4-3-5-11(6)8(9)13/h6H,2-5H2,1H3,(H,10,12). The molecule has 2 amide bonds. The number of nitrogens with one attached hydrogen (secondary N) is 1. The zero-order valence-corrected chi connectivity index (χ0v) is 9.70. The van der Waals surface area contributed by atoms with E-state index in [1.807, 2.05) is 6.92 Å². The van der Waals surface area contributed by atoms with Crippen LogP contribution in [0.5, 0.6) is 0 Å². The summed E-state index contributed by atoms with van der Waals surface area (Å²) in [5.41, 5.74) is 0. The Bertz CT molecular complexity index is 220. The van der Waals surface area contributed by atoms with E-state index in [4.69, 9.17) is 0 Å². The monoisotopic (exact) mass is 296 g/mol. The van der Waals surface area contributed by atoms with Gasteiger partial charge in [-0.05, 0) is 19.8 Å². The van der Waals surface area contributed by atoms with Crippen LogP contribution in [0.4, 0.5) is 4.79 Å². The molecule has 1 N–H and O–H groups in total. The van der Waals surface area contributed by atoms with Crippen LogP contribution in [0, 0.1) is 0 Å². The highest BCUT2D eigenvalue weighted by molar-refractivity contribution is 14.1. The second kappa shape index (κ2) is 4.78. The first kappa shape index (κ1) is 10.7. The van der Waals surface area contributed by atoms with Gasteiger partial charge in [-0.3, -0.25) is 9.59 Å². The van der Waals surface area contributed by atoms with Crippen molar-refractivity contribution in [3.05, 3.63) is 0 Å². The first-order chi connectivity index (χ1) is 6.16. The maximum absolute atomic E-state index is 11.5. The lowest BCUT2D eigenvalue weighted by Crippen LogP contribution is -2.43. The Balaban J connectivity index is 2.57. The highest BCUT2D eigenvalue weighted by Crippen LogP contribution is 2.19. The number of carbonyl (C=O) groups excluding carboxylic acids is 2. The summed E-state index contributed by atoms with van der Waals surface area (Å²) in [5, 5.41) is 2.74. The molecular weight excluding hydrogens is 283 g/mol. The van der Waals surface area contributed by atoms with Gasteiger partial charge in [0.25, 0.3) is 3.91 Å². The summed E-state index contributed by atoms with van der Waals surface area (Å²) in [6.07, 6.45) is 1.72. The van der Waals surface area contributed by atoms with Gasteiger partial charge in [0.1, 0.15) is 6.04 Å². The summed E-state index contributed by atoms with van der Waals surface area (Å²) in [6, 6.07) is -0.232. The third-order valence-electron chi connectivity index (χ3n) is 2.13. The van der Waals surface area contributed by atoms with Crippen molar-refractivity contribution < 1.29 is 9.59 Å². The Hall–Kier alpha value is -0.330. The molecular formula is C8H13IN2O2. The number of amides is 2. The molecule has 1 rings (SSSR count). The summed E-state index contributed by atoms with van der Waals surface area (Å²) >= 11 is 1.73. The topological polar surface area (TPSA) is 49.4 Å². The molecule has 1 unspecified atom stereocenters. The predicted octanol–water partition coefficient (Wildman–Crippen LogP) is 1.14. The highest BCUT2D eigenvalue weighted by atomic mass is 127. The van der Waals surface area contributed by atoms with E-state index in [0.717, 1.165) is 12.8 Å². The zero-order chi connectivity index (χ0) is 9.84. The third kappa shape index (κ3) is 2.55. The maximum atomic E-state index is 11.5. The van der Waals surface area contributed by atoms with E-state index in [1.54, 1.807) is 27.5 Å². The van der Waals surface area contributed by atoms with Crippen molar-refractivity contribution in [2.24, 2.45) is 0 Å². The van der Waals surface area contributed by atoms with Crippen molar-refractivity contribution in [3.63, 3.8) is 0 Å². The molecule has 1 saturated heterocycles. The van der Waals surface area contributed by atoms with Gasteiger partial charge in [-0.15, -0.1) is 0 Å². The van der Waals surface area contributed by atoms with Gasteiger partial charge in [-0.2, -0.15) is 0 Å². The number of rotatable bonds is 2. The van der Waals surface area contributed by atoms with Gasteiger partial charge in [0.2, 0.25) is 5.91 Å². The molecule has 13 heavy (non-hydrogen) atoms. The Kier molecular flexibility index (Phi) is 3.95. The molecule has 0 aromatic heterocycles. The van der Waals surface area contributed by atoms with Gasteiger partial charge in [-0.1, -0.05) is 0 Å². The molecule has 0 bridgehead atoms. The van der Waals surface area contributed by atoms with Gasteiger partial charge in [0.15, 0.2) is 0 Å². The molecule has 5 heteroatoms. The first-order valence-corrected chi connectivity index (χ1v) is 5.48. The smallest absolute Gasteiger partial charge is 0.283 e. The summed E-state index contributed by atoms with van der Waals surface area (Å²) in [6.45, 7) is 3.21. The first-order valence-electron chi connectivity index (χ1n) is 4.40. The molecule has 1 aliphatic rings. The molecule has 0 aliphatic carbocycles. The fourth-order valence-corrected chi connectivity index (χ4v) is 2.12. The van der Waals surface area contributed by atoms with E-state index in [9.17, 15) is 9.59 Å². The molecule has 0 saturated carbocycles. The van der Waals surface area contributed by atoms with Gasteiger partial charge in [0, 0.05) is 35.7 Å². The van der Waals surface area contributed by atoms with Crippen LogP contribution in [0.25, 0.3) is 0 Å². The Morgan fingerprint density at radius 3 is 2.85 bits per heavy atom. The fourth-order valence-electron chi connectivity index (χ4n) is 1.54. The van der Waals surface area contributed by atoms with Gasteiger partial charge in [-0.25, -0.2) is 0 Å². The molecule has 0 aromatic carbocycles. The summed E-state index contributed by atoms with van der Waals surface area (Å²) in [7, 11) is 0. The molecule has 0 spiro atoms. The summed E-state index contributed by atoms with van der Waals surface area (Å²) in [4.78, 5) is 24.2. The Labute approximate surface area is 91.2 Å². The third-order valence-corrected chi connectivity index (χ3v) is 2.75. The van der Waals surface area contributed by atoms with Crippen LogP contribution >= 0.6 is 22.6 Å². The number of likely N-dealkylation sites (tertiary alicyclic amines) is 1. The van der Waals surface area contributed by atoms with Crippen molar-refractivity contribution >= 4 is 32.4 Å². The second-order valence-corrected chi connectivity index (χ2v) is 3.92. The average molecular weight is 296 g/mol. The molecule has 1 fully saturated rings. The Morgan fingerprint density at radius 2 is 2.31 bits per heavy atom. The molecule has 1 heterocycles. The van der Waals surface area contributed by atoms with Gasteiger partial charge >= 0.3 is 0 Å². The number of hydrogen-bond donors (Lipinski definition) is 1. The van der Waals surface area contributed by atoms with E-state index in [2.05, 4.69) is 5.32 Å². The number of hydrogen-bond acceptors (Lipinski definition) is 2. The van der Waals surface area contributed by atoms with Crippen LogP contribution in [0.1, 0.15) is 19.8 Å². The van der Waals surface area contributed by atoms with Crippen molar-refractivity contribution in [2.75, 3.05) is 13.1 Å². The maximum Gasteiger partial charge on any atom is 0.283 e. The summed E-state index contributed by atoms with van der Waals surface area (Å²) in [5.74, 6) is -0.0231. The molecule has 0 radical (unpaired) electrons. The SMILES string of the molecule is CCNC(=O)C1CCCN1C(=O)I. The number of carbonyl (C=O) groups is 2. The quantitative estimate of drug-likeness (QED) is 0.472. The van der Waals surface area contributed by atoms with E-state index < -0.39 is 0 Å². The van der Waals surface area contributed by atoms with Crippen molar-refractivity contribution in [3.8, 4) is 0 Å². The van der Waals surface area contributed by atoms with Crippen molar-refractivity contribution in [1.29, 1.82) is 0 Å². The lowest BCUT2D eigenvalue weighted by atomic mass is 10.2. The number of likely N-dealkylation sites (N-methyl/N-ethyl adjacent to an activating group) is 1. The number of nitrogens with zero attached hydrogens (tertiary/aromatic N) is 1. The largest absolute Gasteiger partial charge is 0.355 e. The van der Waals surface area contributed by atoms with Crippen molar-refractivity contribution in [1.82, 2.24) is 10.2 Å². The highest BCUT2D eigenvalue weighted by Gasteiger charge is 2.32. The lowest BCUT2D eigenvalue weighted by molar-refractivity contribution is -0.124. The normalized spacial score (nSPS) is 21.7. The van der Waals surface area contributed by atoms with Gasteiger partial charge in [0.05, 0.1) is 0 Å². The van der Waals surface area contributed by atoms with E-state index in [1.165, 1.54) is 0 Å². The van der Waals surface area contributed by atoms with Crippen molar-refractivity contribution in [2.45, 2.75) is 25.8 Å². The molecule has 1 aliphatic heterocycles. The van der Waals surface area contributed by atoms with Crippen LogP contribution in [-0.4, -0.2) is 33.9 Å². The molecule has 1 atom stereocenters. The van der Waals surface area contributed by atoms with E-state index in [-0.39, 0.29) is 15.9 Å². The van der Waals surface area contributed by atoms with Gasteiger partial charge < -0.3 is 10.2 Å². The fraction of sp³-hybridized carbons (Fsp3) is 0.750. The summed E-state index contributed by atoms with van der Waals surface area (Å²) < 4.78 is -0.0358. The predicted molar refractivity (Wildman–Crippen MR) is 57.8 cm³/mol. The van der Waals surface area contributed by atoms with Crippen LogP contribution in [0.3, 0.4) is 0 Å². The minimum atomic E-state index is -0.232. The molecule has 0 aromatic rings.